The molecule has 2 rings (SSSR count). The van der Waals surface area contributed by atoms with Gasteiger partial charge in [0.2, 0.25) is 0 Å². The number of hydrogen-bond acceptors (Lipinski definition) is 3. The first-order valence-corrected chi connectivity index (χ1v) is 5.29. The first-order chi connectivity index (χ1) is 7.35. The van der Waals surface area contributed by atoms with Gasteiger partial charge in [-0.05, 0) is 36.6 Å². The second-order valence-corrected chi connectivity index (χ2v) is 3.75. The molecule has 3 heteroatoms. The topological polar surface area (TPSA) is 30.5 Å². The van der Waals surface area contributed by atoms with Gasteiger partial charge in [-0.1, -0.05) is 0 Å². The van der Waals surface area contributed by atoms with Crippen molar-refractivity contribution in [1.29, 1.82) is 0 Å². The van der Waals surface area contributed by atoms with Crippen molar-refractivity contribution in [3.05, 3.63) is 23.3 Å². The molecule has 1 aromatic carbocycles. The van der Waals surface area contributed by atoms with Crippen LogP contribution >= 0.6 is 0 Å². The van der Waals surface area contributed by atoms with Crippen LogP contribution < -0.4 is 14.8 Å². The number of hydrogen-bond donors (Lipinski definition) is 1. The summed E-state index contributed by atoms with van der Waals surface area (Å²) in [5.41, 5.74) is 2.62. The molecule has 0 saturated heterocycles. The third-order valence-electron chi connectivity index (χ3n) is 2.83. The lowest BCUT2D eigenvalue weighted by molar-refractivity contribution is 0.390. The highest BCUT2D eigenvalue weighted by Crippen LogP contribution is 2.30. The number of rotatable bonds is 2. The predicted octanol–water partition coefficient (Wildman–Crippen LogP) is 1.74. The van der Waals surface area contributed by atoms with E-state index < -0.39 is 0 Å². The van der Waals surface area contributed by atoms with Gasteiger partial charge in [0, 0.05) is 12.6 Å². The number of benzene rings is 1. The molecule has 1 N–H and O–H groups in total. The quantitative estimate of drug-likeness (QED) is 0.801. The zero-order chi connectivity index (χ0) is 10.7. The summed E-state index contributed by atoms with van der Waals surface area (Å²) in [5.74, 6) is 1.82. The van der Waals surface area contributed by atoms with Gasteiger partial charge in [-0.25, -0.2) is 0 Å². The first kappa shape index (κ1) is 10.3. The summed E-state index contributed by atoms with van der Waals surface area (Å²) < 4.78 is 10.7. The van der Waals surface area contributed by atoms with Crippen LogP contribution in [0.4, 0.5) is 0 Å². The fraction of sp³-hybridized carbons (Fsp3) is 0.500. The molecule has 0 radical (unpaired) electrons. The normalized spacial score (nSPS) is 15.3. The average molecular weight is 207 g/mol. The van der Waals surface area contributed by atoms with E-state index in [0.29, 0.717) is 0 Å². The van der Waals surface area contributed by atoms with E-state index in [9.17, 15) is 0 Å². The number of nitrogens with one attached hydrogen (secondary N) is 1. The van der Waals surface area contributed by atoms with Crippen LogP contribution in [0.25, 0.3) is 0 Å². The van der Waals surface area contributed by atoms with Crippen LogP contribution in [0.3, 0.4) is 0 Å². The van der Waals surface area contributed by atoms with E-state index in [1.807, 2.05) is 6.07 Å². The molecule has 1 aliphatic heterocycles. The standard InChI is InChI=1S/C12H17NO2/c1-14-10-6-9-8-13-5-3-4-11(9)12(7-10)15-2/h6-7,13H,3-5,8H2,1-2H3. The van der Waals surface area contributed by atoms with Gasteiger partial charge in [-0.3, -0.25) is 0 Å². The Labute approximate surface area is 90.4 Å². The first-order valence-electron chi connectivity index (χ1n) is 5.29. The Hall–Kier alpha value is -1.22. The summed E-state index contributed by atoms with van der Waals surface area (Å²) >= 11 is 0. The highest BCUT2D eigenvalue weighted by atomic mass is 16.5. The maximum absolute atomic E-state index is 5.40. The van der Waals surface area contributed by atoms with Crippen LogP contribution in [0.2, 0.25) is 0 Å². The molecular formula is C12H17NO2. The molecule has 0 aromatic heterocycles. The summed E-state index contributed by atoms with van der Waals surface area (Å²) in [5, 5.41) is 3.39. The van der Waals surface area contributed by atoms with Gasteiger partial charge < -0.3 is 14.8 Å². The molecule has 0 saturated carbocycles. The lowest BCUT2D eigenvalue weighted by atomic mass is 10.0. The van der Waals surface area contributed by atoms with E-state index >= 15 is 0 Å². The lowest BCUT2D eigenvalue weighted by Crippen LogP contribution is -2.12. The third kappa shape index (κ3) is 2.07. The summed E-state index contributed by atoms with van der Waals surface area (Å²) in [6.07, 6.45) is 2.24. The Balaban J connectivity index is 2.45. The van der Waals surface area contributed by atoms with Crippen molar-refractivity contribution in [2.24, 2.45) is 0 Å². The Kier molecular flexibility index (Phi) is 3.11. The van der Waals surface area contributed by atoms with Crippen LogP contribution in [-0.4, -0.2) is 20.8 Å². The molecular weight excluding hydrogens is 190 g/mol. The zero-order valence-electron chi connectivity index (χ0n) is 9.30. The molecule has 0 unspecified atom stereocenters. The summed E-state index contributed by atoms with van der Waals surface area (Å²) in [6.45, 7) is 1.98. The minimum Gasteiger partial charge on any atom is -0.497 e. The van der Waals surface area contributed by atoms with Crippen molar-refractivity contribution in [3.8, 4) is 11.5 Å². The molecule has 1 aliphatic rings. The van der Waals surface area contributed by atoms with Crippen molar-refractivity contribution in [2.45, 2.75) is 19.4 Å². The van der Waals surface area contributed by atoms with E-state index in [1.165, 1.54) is 11.1 Å². The van der Waals surface area contributed by atoms with Crippen molar-refractivity contribution < 1.29 is 9.47 Å². The Morgan fingerprint density at radius 1 is 1.20 bits per heavy atom. The van der Waals surface area contributed by atoms with Gasteiger partial charge >= 0.3 is 0 Å². The summed E-state index contributed by atoms with van der Waals surface area (Å²) in [7, 11) is 3.40. The smallest absolute Gasteiger partial charge is 0.126 e. The molecule has 0 aliphatic carbocycles. The molecule has 3 nitrogen and oxygen atoms in total. The highest BCUT2D eigenvalue weighted by Gasteiger charge is 2.14. The fourth-order valence-corrected chi connectivity index (χ4v) is 2.03. The molecule has 15 heavy (non-hydrogen) atoms. The minimum atomic E-state index is 0.870. The second-order valence-electron chi connectivity index (χ2n) is 3.75. The van der Waals surface area contributed by atoms with Gasteiger partial charge in [-0.2, -0.15) is 0 Å². The third-order valence-corrected chi connectivity index (χ3v) is 2.83. The lowest BCUT2D eigenvalue weighted by Gasteiger charge is -2.13. The highest BCUT2D eigenvalue weighted by molar-refractivity contribution is 5.47. The van der Waals surface area contributed by atoms with Crippen LogP contribution in [0.1, 0.15) is 17.5 Å². The molecule has 82 valence electrons. The van der Waals surface area contributed by atoms with Gasteiger partial charge in [0.25, 0.3) is 0 Å². The fourth-order valence-electron chi connectivity index (χ4n) is 2.03. The second kappa shape index (κ2) is 4.53. The van der Waals surface area contributed by atoms with Crippen LogP contribution in [0.5, 0.6) is 11.5 Å². The SMILES string of the molecule is COc1cc2c(c(OC)c1)CCCNC2. The van der Waals surface area contributed by atoms with E-state index in [2.05, 4.69) is 11.4 Å². The van der Waals surface area contributed by atoms with Crippen LogP contribution in [0.15, 0.2) is 12.1 Å². The zero-order valence-corrected chi connectivity index (χ0v) is 9.30. The maximum atomic E-state index is 5.40. The molecule has 0 atom stereocenters. The van der Waals surface area contributed by atoms with E-state index in [4.69, 9.17) is 9.47 Å². The molecule has 0 bridgehead atoms. The summed E-state index contributed by atoms with van der Waals surface area (Å²) in [4.78, 5) is 0. The number of methoxy groups -OCH3 is 2. The number of ether oxygens (including phenoxy) is 2. The molecule has 1 heterocycles. The van der Waals surface area contributed by atoms with Crippen molar-refractivity contribution in [1.82, 2.24) is 5.32 Å². The molecule has 0 spiro atoms. The molecule has 1 aromatic rings. The average Bonchev–Trinajstić information content (AvgIpc) is 2.52. The van der Waals surface area contributed by atoms with E-state index in [1.54, 1.807) is 14.2 Å². The molecule has 0 amide bonds. The van der Waals surface area contributed by atoms with E-state index in [-0.39, 0.29) is 0 Å². The minimum absolute atomic E-state index is 0.870. The number of fused-ring (bicyclic) bond motifs is 1. The van der Waals surface area contributed by atoms with Crippen molar-refractivity contribution in [3.63, 3.8) is 0 Å². The Morgan fingerprint density at radius 3 is 2.80 bits per heavy atom. The van der Waals surface area contributed by atoms with Gasteiger partial charge in [0.05, 0.1) is 14.2 Å². The van der Waals surface area contributed by atoms with Crippen molar-refractivity contribution >= 4 is 0 Å². The molecule has 0 fully saturated rings. The monoisotopic (exact) mass is 207 g/mol. The Morgan fingerprint density at radius 2 is 2.07 bits per heavy atom. The maximum Gasteiger partial charge on any atom is 0.126 e. The predicted molar refractivity (Wildman–Crippen MR) is 59.6 cm³/mol. The Bertz CT molecular complexity index is 350. The van der Waals surface area contributed by atoms with Crippen LogP contribution in [-0.2, 0) is 13.0 Å². The van der Waals surface area contributed by atoms with E-state index in [0.717, 1.165) is 37.4 Å². The van der Waals surface area contributed by atoms with Gasteiger partial charge in [0.15, 0.2) is 0 Å². The van der Waals surface area contributed by atoms with Crippen molar-refractivity contribution in [2.75, 3.05) is 20.8 Å². The van der Waals surface area contributed by atoms with Gasteiger partial charge in [0.1, 0.15) is 11.5 Å². The summed E-state index contributed by atoms with van der Waals surface area (Å²) in [6, 6.07) is 4.06. The largest absolute Gasteiger partial charge is 0.497 e. The van der Waals surface area contributed by atoms with Crippen LogP contribution in [0, 0.1) is 0 Å². The van der Waals surface area contributed by atoms with Gasteiger partial charge in [-0.15, -0.1) is 0 Å².